The minimum atomic E-state index is -1.07. The number of nitriles is 1. The molecule has 146 valence electrons. The van der Waals surface area contributed by atoms with Crippen LogP contribution in [0.5, 0.6) is 0 Å². The van der Waals surface area contributed by atoms with Gasteiger partial charge in [-0.2, -0.15) is 5.26 Å². The van der Waals surface area contributed by atoms with Gasteiger partial charge in [-0.1, -0.05) is 42.5 Å². The molecule has 0 bridgehead atoms. The Labute approximate surface area is 176 Å². The third-order valence-corrected chi connectivity index (χ3v) is 5.54. The molecule has 1 heterocycles. The van der Waals surface area contributed by atoms with Gasteiger partial charge < -0.3 is 5.11 Å². The molecule has 4 rings (SSSR count). The van der Waals surface area contributed by atoms with Crippen molar-refractivity contribution in [2.75, 3.05) is 5.48 Å². The van der Waals surface area contributed by atoms with E-state index < -0.39 is 5.97 Å². The molecule has 0 fully saturated rings. The quantitative estimate of drug-likeness (QED) is 0.372. The number of nitrogens with one attached hydrogen (secondary N) is 1. The van der Waals surface area contributed by atoms with E-state index in [4.69, 9.17) is 5.26 Å². The number of carbonyl (C=O) groups is 1. The van der Waals surface area contributed by atoms with Crippen molar-refractivity contribution in [3.8, 4) is 39.0 Å². The lowest BCUT2D eigenvalue weighted by atomic mass is 9.96. The minimum Gasteiger partial charge on any atom is -0.478 e. The number of aromatic nitrogens is 1. The highest BCUT2D eigenvalue weighted by Gasteiger charge is 2.17. The van der Waals surface area contributed by atoms with Crippen LogP contribution in [-0.2, 0) is 0 Å². The van der Waals surface area contributed by atoms with Crippen LogP contribution in [0, 0.1) is 11.3 Å². The average molecular weight is 413 g/mol. The van der Waals surface area contributed by atoms with Crippen LogP contribution in [0.2, 0.25) is 0 Å². The number of aromatic carboxylic acids is 1. The number of para-hydroxylation sites is 1. The first-order valence-corrected chi connectivity index (χ1v) is 9.82. The van der Waals surface area contributed by atoms with Gasteiger partial charge in [-0.05, 0) is 29.8 Å². The second-order valence-electron chi connectivity index (χ2n) is 6.45. The van der Waals surface area contributed by atoms with Gasteiger partial charge in [-0.25, -0.2) is 9.78 Å². The Morgan fingerprint density at radius 2 is 1.73 bits per heavy atom. The fourth-order valence-corrected chi connectivity index (χ4v) is 3.99. The van der Waals surface area contributed by atoms with Gasteiger partial charge in [0, 0.05) is 22.1 Å². The molecule has 0 amide bonds. The van der Waals surface area contributed by atoms with Crippen LogP contribution >= 0.6 is 11.3 Å². The van der Waals surface area contributed by atoms with E-state index in [1.807, 2.05) is 23.6 Å². The Morgan fingerprint density at radius 3 is 2.43 bits per heavy atom. The van der Waals surface area contributed by atoms with E-state index in [1.165, 1.54) is 11.3 Å². The van der Waals surface area contributed by atoms with Gasteiger partial charge in [0.15, 0.2) is 0 Å². The van der Waals surface area contributed by atoms with Crippen molar-refractivity contribution in [3.05, 3.63) is 83.2 Å². The molecule has 0 atom stereocenters. The summed E-state index contributed by atoms with van der Waals surface area (Å²) >= 11 is 1.42. The molecule has 1 aromatic heterocycles. The molecule has 7 heteroatoms. The van der Waals surface area contributed by atoms with Crippen LogP contribution in [-0.4, -0.2) is 21.3 Å². The number of rotatable bonds is 5. The van der Waals surface area contributed by atoms with Crippen LogP contribution in [0.3, 0.4) is 0 Å². The first-order valence-electron chi connectivity index (χ1n) is 8.94. The second kappa shape index (κ2) is 8.17. The van der Waals surface area contributed by atoms with Crippen LogP contribution < -0.4 is 5.48 Å². The SMILES string of the molecule is N#Cc1ccc(-c2csc(-c3ccc(-c4ccccc4NO)c(C(=O)O)c3)n2)cc1. The summed E-state index contributed by atoms with van der Waals surface area (Å²) in [7, 11) is 0. The van der Waals surface area contributed by atoms with Gasteiger partial charge in [-0.15, -0.1) is 11.3 Å². The summed E-state index contributed by atoms with van der Waals surface area (Å²) in [5.74, 6) is -1.07. The third kappa shape index (κ3) is 3.65. The normalized spacial score (nSPS) is 10.4. The molecule has 0 aliphatic rings. The number of carboxylic acid groups (broad SMARTS) is 1. The molecule has 0 radical (unpaired) electrons. The van der Waals surface area contributed by atoms with Gasteiger partial charge >= 0.3 is 5.97 Å². The lowest BCUT2D eigenvalue weighted by molar-refractivity contribution is 0.0697. The molecule has 0 unspecified atom stereocenters. The molecule has 3 aromatic carbocycles. The standard InChI is InChI=1S/C23H15N3O3S/c24-12-14-5-7-15(8-6-14)21-13-30-22(25-21)16-9-10-17(19(11-16)23(27)28)18-3-1-2-4-20(18)26-29/h1-11,13,26,29H,(H,27,28). The third-order valence-electron chi connectivity index (χ3n) is 4.65. The van der Waals surface area contributed by atoms with Crippen molar-refractivity contribution in [3.63, 3.8) is 0 Å². The van der Waals surface area contributed by atoms with Crippen LogP contribution in [0.4, 0.5) is 5.69 Å². The van der Waals surface area contributed by atoms with E-state index >= 15 is 0 Å². The Hall–Kier alpha value is -3.99. The summed E-state index contributed by atoms with van der Waals surface area (Å²) < 4.78 is 0. The molecule has 0 saturated carbocycles. The van der Waals surface area contributed by atoms with Gasteiger partial charge in [0.2, 0.25) is 0 Å². The molecule has 4 aromatic rings. The number of nitrogens with zero attached hydrogens (tertiary/aromatic N) is 2. The molecule has 0 spiro atoms. The van der Waals surface area contributed by atoms with Gasteiger partial charge in [-0.3, -0.25) is 10.7 Å². The molecule has 6 nitrogen and oxygen atoms in total. The highest BCUT2D eigenvalue weighted by atomic mass is 32.1. The largest absolute Gasteiger partial charge is 0.478 e. The van der Waals surface area contributed by atoms with E-state index in [-0.39, 0.29) is 5.56 Å². The zero-order valence-electron chi connectivity index (χ0n) is 15.5. The maximum absolute atomic E-state index is 11.9. The Kier molecular flexibility index (Phi) is 5.26. The van der Waals surface area contributed by atoms with Crippen LogP contribution in [0.15, 0.2) is 72.1 Å². The monoisotopic (exact) mass is 413 g/mol. The number of thiazole rings is 1. The van der Waals surface area contributed by atoms with Gasteiger partial charge in [0.05, 0.1) is 28.6 Å². The molecular weight excluding hydrogens is 398 g/mol. The van der Waals surface area contributed by atoms with Crippen LogP contribution in [0.1, 0.15) is 15.9 Å². The summed E-state index contributed by atoms with van der Waals surface area (Å²) in [6.45, 7) is 0. The predicted octanol–water partition coefficient (Wildman–Crippen LogP) is 5.52. The second-order valence-corrected chi connectivity index (χ2v) is 7.31. The van der Waals surface area contributed by atoms with E-state index in [9.17, 15) is 15.1 Å². The lowest BCUT2D eigenvalue weighted by Crippen LogP contribution is -2.02. The highest BCUT2D eigenvalue weighted by Crippen LogP contribution is 2.35. The van der Waals surface area contributed by atoms with E-state index in [1.54, 1.807) is 48.5 Å². The van der Waals surface area contributed by atoms with Crippen LogP contribution in [0.25, 0.3) is 33.0 Å². The van der Waals surface area contributed by atoms with Crippen molar-refractivity contribution in [1.29, 1.82) is 5.26 Å². The summed E-state index contributed by atoms with van der Waals surface area (Å²) in [4.78, 5) is 16.6. The number of hydrogen-bond donors (Lipinski definition) is 3. The van der Waals surface area contributed by atoms with E-state index in [0.717, 1.165) is 11.3 Å². The summed E-state index contributed by atoms with van der Waals surface area (Å²) in [5, 5.41) is 30.7. The highest BCUT2D eigenvalue weighted by molar-refractivity contribution is 7.13. The Morgan fingerprint density at radius 1 is 1.00 bits per heavy atom. The first kappa shape index (κ1) is 19.3. The fourth-order valence-electron chi connectivity index (χ4n) is 3.16. The zero-order chi connectivity index (χ0) is 21.1. The molecular formula is C23H15N3O3S. The topological polar surface area (TPSA) is 106 Å². The fraction of sp³-hybridized carbons (Fsp3) is 0. The van der Waals surface area contributed by atoms with Crippen molar-refractivity contribution >= 4 is 23.0 Å². The van der Waals surface area contributed by atoms with Gasteiger partial charge in [0.25, 0.3) is 0 Å². The number of carboxylic acids is 1. The van der Waals surface area contributed by atoms with E-state index in [2.05, 4.69) is 16.5 Å². The molecule has 0 aliphatic carbocycles. The van der Waals surface area contributed by atoms with Crippen molar-refractivity contribution < 1.29 is 15.1 Å². The number of anilines is 1. The molecule has 0 saturated heterocycles. The number of hydrogen-bond acceptors (Lipinski definition) is 6. The summed E-state index contributed by atoms with van der Waals surface area (Å²) in [5.41, 5.74) is 6.64. The summed E-state index contributed by atoms with van der Waals surface area (Å²) in [6, 6.07) is 21.3. The Bertz CT molecular complexity index is 1270. The summed E-state index contributed by atoms with van der Waals surface area (Å²) in [6.07, 6.45) is 0. The lowest BCUT2D eigenvalue weighted by Gasteiger charge is -2.12. The molecule has 30 heavy (non-hydrogen) atoms. The molecule has 0 aliphatic heterocycles. The van der Waals surface area contributed by atoms with E-state index in [0.29, 0.717) is 32.9 Å². The number of benzene rings is 3. The zero-order valence-corrected chi connectivity index (χ0v) is 16.4. The average Bonchev–Trinajstić information content (AvgIpc) is 3.29. The Balaban J connectivity index is 1.74. The maximum atomic E-state index is 11.9. The minimum absolute atomic E-state index is 0.116. The van der Waals surface area contributed by atoms with Crippen molar-refractivity contribution in [1.82, 2.24) is 4.98 Å². The predicted molar refractivity (Wildman–Crippen MR) is 116 cm³/mol. The van der Waals surface area contributed by atoms with Crippen molar-refractivity contribution in [2.24, 2.45) is 0 Å². The first-order chi connectivity index (χ1) is 14.6. The smallest absolute Gasteiger partial charge is 0.336 e. The van der Waals surface area contributed by atoms with Crippen molar-refractivity contribution in [2.45, 2.75) is 0 Å². The van der Waals surface area contributed by atoms with Gasteiger partial charge in [0.1, 0.15) is 5.01 Å². The molecule has 3 N–H and O–H groups in total. The maximum Gasteiger partial charge on any atom is 0.336 e.